The third-order valence-corrected chi connectivity index (χ3v) is 3.24. The molecule has 0 spiro atoms. The lowest BCUT2D eigenvalue weighted by atomic mass is 10.0. The Morgan fingerprint density at radius 2 is 1.35 bits per heavy atom. The molecule has 1 aromatic rings. The summed E-state index contributed by atoms with van der Waals surface area (Å²) in [5, 5.41) is 36.4. The van der Waals surface area contributed by atoms with Crippen LogP contribution in [0.1, 0.15) is 50.5 Å². The van der Waals surface area contributed by atoms with E-state index in [2.05, 4.69) is 0 Å². The van der Waals surface area contributed by atoms with Crippen LogP contribution in [0.15, 0.2) is 12.1 Å². The summed E-state index contributed by atoms with van der Waals surface area (Å²) < 4.78 is 0. The van der Waals surface area contributed by atoms with Crippen molar-refractivity contribution in [2.75, 3.05) is 0 Å². The van der Waals surface area contributed by atoms with Gasteiger partial charge in [0.25, 0.3) is 0 Å². The van der Waals surface area contributed by atoms with Crippen LogP contribution in [0.2, 0.25) is 0 Å². The molecule has 0 amide bonds. The summed E-state index contributed by atoms with van der Waals surface area (Å²) in [6, 6.07) is 2.92. The second-order valence-electron chi connectivity index (χ2n) is 5.00. The molecular weight excluding hydrogens is 260 g/mol. The highest BCUT2D eigenvalue weighted by atomic mass is 16.4. The van der Waals surface area contributed by atoms with Crippen LogP contribution in [0.25, 0.3) is 0 Å². The van der Waals surface area contributed by atoms with Gasteiger partial charge in [0, 0.05) is 6.42 Å². The zero-order chi connectivity index (χ0) is 15.0. The molecule has 0 heterocycles. The first-order valence-electron chi connectivity index (χ1n) is 6.96. The van der Waals surface area contributed by atoms with E-state index >= 15 is 0 Å². The molecule has 0 aliphatic rings. The van der Waals surface area contributed by atoms with Gasteiger partial charge in [0.1, 0.15) is 0 Å². The summed E-state index contributed by atoms with van der Waals surface area (Å²) in [4.78, 5) is 10.3. The van der Waals surface area contributed by atoms with Crippen molar-refractivity contribution in [3.8, 4) is 17.2 Å². The van der Waals surface area contributed by atoms with Gasteiger partial charge in [-0.2, -0.15) is 0 Å². The average molecular weight is 282 g/mol. The van der Waals surface area contributed by atoms with Crippen LogP contribution in [0.3, 0.4) is 0 Å². The second-order valence-corrected chi connectivity index (χ2v) is 5.00. The second kappa shape index (κ2) is 8.30. The Morgan fingerprint density at radius 1 is 0.850 bits per heavy atom. The summed E-state index contributed by atoms with van der Waals surface area (Å²) >= 11 is 0. The number of hydrogen-bond donors (Lipinski definition) is 4. The standard InChI is InChI=1S/C15H22O5/c16-12-9-11(10-13(17)15(12)20)7-5-3-1-2-4-6-8-14(18)19/h9-10,16-17,20H,1-8H2,(H,18,19). The van der Waals surface area contributed by atoms with Crippen molar-refractivity contribution in [2.45, 2.75) is 51.4 Å². The van der Waals surface area contributed by atoms with Gasteiger partial charge >= 0.3 is 5.97 Å². The number of benzene rings is 1. The van der Waals surface area contributed by atoms with E-state index in [4.69, 9.17) is 5.11 Å². The van der Waals surface area contributed by atoms with Crippen LogP contribution < -0.4 is 0 Å². The van der Waals surface area contributed by atoms with Gasteiger partial charge in [-0.3, -0.25) is 4.79 Å². The number of rotatable bonds is 9. The van der Waals surface area contributed by atoms with Crippen molar-refractivity contribution in [3.63, 3.8) is 0 Å². The van der Waals surface area contributed by atoms with Crippen molar-refractivity contribution in [1.29, 1.82) is 0 Å². The van der Waals surface area contributed by atoms with Crippen LogP contribution in [-0.4, -0.2) is 26.4 Å². The van der Waals surface area contributed by atoms with Crippen molar-refractivity contribution in [2.24, 2.45) is 0 Å². The molecule has 0 atom stereocenters. The fourth-order valence-corrected chi connectivity index (χ4v) is 2.12. The first-order chi connectivity index (χ1) is 9.50. The number of carboxylic acids is 1. The third-order valence-electron chi connectivity index (χ3n) is 3.24. The number of unbranched alkanes of at least 4 members (excludes halogenated alkanes) is 5. The Labute approximate surface area is 118 Å². The number of aliphatic carboxylic acids is 1. The van der Waals surface area contributed by atoms with E-state index in [1.54, 1.807) is 0 Å². The van der Waals surface area contributed by atoms with Gasteiger partial charge in [-0.15, -0.1) is 0 Å². The number of aryl methyl sites for hydroxylation is 1. The Morgan fingerprint density at radius 3 is 1.90 bits per heavy atom. The Balaban J connectivity index is 2.14. The molecule has 5 nitrogen and oxygen atoms in total. The van der Waals surface area contributed by atoms with Gasteiger partial charge in [0.05, 0.1) is 0 Å². The molecule has 1 aromatic carbocycles. The highest BCUT2D eigenvalue weighted by Crippen LogP contribution is 2.35. The predicted molar refractivity (Wildman–Crippen MR) is 75.1 cm³/mol. The summed E-state index contributed by atoms with van der Waals surface area (Å²) in [6.45, 7) is 0. The van der Waals surface area contributed by atoms with E-state index in [-0.39, 0.29) is 17.9 Å². The Hall–Kier alpha value is -1.91. The molecule has 0 bridgehead atoms. The van der Waals surface area contributed by atoms with Crippen LogP contribution in [0.5, 0.6) is 17.2 Å². The molecule has 1 rings (SSSR count). The van der Waals surface area contributed by atoms with E-state index in [0.717, 1.165) is 50.5 Å². The predicted octanol–water partition coefficient (Wildman–Crippen LogP) is 3.16. The SMILES string of the molecule is O=C(O)CCCCCCCCc1cc(O)c(O)c(O)c1. The van der Waals surface area contributed by atoms with Gasteiger partial charge in [-0.05, 0) is 37.0 Å². The molecule has 112 valence electrons. The van der Waals surface area contributed by atoms with E-state index in [1.807, 2.05) is 0 Å². The third kappa shape index (κ3) is 5.82. The lowest BCUT2D eigenvalue weighted by Crippen LogP contribution is -1.93. The number of carbonyl (C=O) groups is 1. The fourth-order valence-electron chi connectivity index (χ4n) is 2.12. The van der Waals surface area contributed by atoms with Crippen LogP contribution >= 0.6 is 0 Å². The molecule has 0 aliphatic carbocycles. The molecule has 0 aromatic heterocycles. The molecule has 0 aliphatic heterocycles. The summed E-state index contributed by atoms with van der Waals surface area (Å²) in [6.07, 6.45) is 6.68. The quantitative estimate of drug-likeness (QED) is 0.412. The molecule has 4 N–H and O–H groups in total. The molecule has 0 unspecified atom stereocenters. The molecular formula is C15H22O5. The zero-order valence-corrected chi connectivity index (χ0v) is 11.5. The molecule has 0 fully saturated rings. The minimum Gasteiger partial charge on any atom is -0.504 e. The number of hydrogen-bond acceptors (Lipinski definition) is 4. The first kappa shape index (κ1) is 16.1. The van der Waals surface area contributed by atoms with E-state index in [0.29, 0.717) is 0 Å². The van der Waals surface area contributed by atoms with Gasteiger partial charge in [-0.1, -0.05) is 25.7 Å². The van der Waals surface area contributed by atoms with Crippen molar-refractivity contribution >= 4 is 5.97 Å². The van der Waals surface area contributed by atoms with Crippen molar-refractivity contribution < 1.29 is 25.2 Å². The normalized spacial score (nSPS) is 10.6. The molecule has 0 saturated heterocycles. The first-order valence-corrected chi connectivity index (χ1v) is 6.96. The highest BCUT2D eigenvalue weighted by molar-refractivity contribution is 5.66. The average Bonchev–Trinajstić information content (AvgIpc) is 2.38. The van der Waals surface area contributed by atoms with Gasteiger partial charge < -0.3 is 20.4 Å². The van der Waals surface area contributed by atoms with E-state index < -0.39 is 11.7 Å². The van der Waals surface area contributed by atoms with Crippen molar-refractivity contribution in [3.05, 3.63) is 17.7 Å². The van der Waals surface area contributed by atoms with Crippen LogP contribution in [0, 0.1) is 0 Å². The topological polar surface area (TPSA) is 98.0 Å². The summed E-state index contributed by atoms with van der Waals surface area (Å²) in [7, 11) is 0. The number of carboxylic acid groups (broad SMARTS) is 1. The maximum atomic E-state index is 10.3. The maximum Gasteiger partial charge on any atom is 0.303 e. The lowest BCUT2D eigenvalue weighted by molar-refractivity contribution is -0.137. The van der Waals surface area contributed by atoms with Gasteiger partial charge in [0.2, 0.25) is 0 Å². The maximum absolute atomic E-state index is 10.3. The van der Waals surface area contributed by atoms with E-state index in [1.165, 1.54) is 12.1 Å². The van der Waals surface area contributed by atoms with Gasteiger partial charge in [0.15, 0.2) is 17.2 Å². The zero-order valence-electron chi connectivity index (χ0n) is 11.5. The Kier molecular flexibility index (Phi) is 6.70. The minimum absolute atomic E-state index is 0.242. The fraction of sp³-hybridized carbons (Fsp3) is 0.533. The minimum atomic E-state index is -0.739. The molecule has 20 heavy (non-hydrogen) atoms. The number of phenols is 3. The smallest absolute Gasteiger partial charge is 0.303 e. The molecule has 0 saturated carbocycles. The van der Waals surface area contributed by atoms with Crippen molar-refractivity contribution in [1.82, 2.24) is 0 Å². The monoisotopic (exact) mass is 282 g/mol. The lowest BCUT2D eigenvalue weighted by Gasteiger charge is -2.06. The van der Waals surface area contributed by atoms with Crippen LogP contribution in [0.4, 0.5) is 0 Å². The van der Waals surface area contributed by atoms with E-state index in [9.17, 15) is 20.1 Å². The number of phenolic OH excluding ortho intramolecular Hbond substituents is 3. The summed E-state index contributed by atoms with van der Waals surface area (Å²) in [5.41, 5.74) is 0.795. The van der Waals surface area contributed by atoms with Gasteiger partial charge in [-0.25, -0.2) is 0 Å². The summed E-state index contributed by atoms with van der Waals surface area (Å²) in [5.74, 6) is -1.81. The molecule has 5 heteroatoms. The highest BCUT2D eigenvalue weighted by Gasteiger charge is 2.07. The Bertz CT molecular complexity index is 419. The van der Waals surface area contributed by atoms with Crippen LogP contribution in [-0.2, 0) is 11.2 Å². The molecule has 0 radical (unpaired) electrons. The largest absolute Gasteiger partial charge is 0.504 e. The number of aromatic hydroxyl groups is 3.